The molecule has 10 heteroatoms. The van der Waals surface area contributed by atoms with Crippen LogP contribution in [0, 0.1) is 16.7 Å². The number of rotatable bonds is 3. The van der Waals surface area contributed by atoms with Crippen LogP contribution in [-0.2, 0) is 32.5 Å². The molecule has 0 aromatic heterocycles. The quantitative estimate of drug-likeness (QED) is 0.542. The molecule has 0 spiro atoms. The number of allylic oxidation sites excluding steroid dienone is 1. The summed E-state index contributed by atoms with van der Waals surface area (Å²) < 4.78 is 34.4. The highest BCUT2D eigenvalue weighted by Gasteiger charge is 2.62. The molecule has 3 aliphatic rings. The number of nitrogens with zero attached hydrogens (tertiary/aromatic N) is 2. The van der Waals surface area contributed by atoms with E-state index in [4.69, 9.17) is 18.3 Å². The number of amides is 1. The third-order valence-corrected chi connectivity index (χ3v) is 5.88. The molecule has 136 valence electrons. The van der Waals surface area contributed by atoms with Gasteiger partial charge in [-0.2, -0.15) is 5.26 Å². The number of carbonyl (C=O) groups excluding carboxylic acids is 2. The molecule has 3 rings (SSSR count). The summed E-state index contributed by atoms with van der Waals surface area (Å²) in [7, 11) is -3.83. The number of hydrogen-bond acceptors (Lipinski definition) is 8. The third kappa shape index (κ3) is 3.16. The Kier molecular flexibility index (Phi) is 4.60. The number of fused-ring (bicyclic) bond motifs is 1. The molecule has 0 aromatic carbocycles. The summed E-state index contributed by atoms with van der Waals surface area (Å²) in [4.78, 5) is 24.8. The molecule has 1 amide bonds. The zero-order valence-electron chi connectivity index (χ0n) is 14.1. The van der Waals surface area contributed by atoms with Crippen LogP contribution >= 0.6 is 7.82 Å². The fraction of sp³-hybridized carbons (Fsp3) is 0.667. The molecule has 0 N–H and O–H groups in total. The van der Waals surface area contributed by atoms with E-state index in [0.29, 0.717) is 0 Å². The van der Waals surface area contributed by atoms with Crippen LogP contribution in [0.4, 0.5) is 0 Å². The number of ketones is 1. The second kappa shape index (κ2) is 6.31. The zero-order chi connectivity index (χ0) is 18.4. The maximum atomic E-state index is 12.6. The van der Waals surface area contributed by atoms with Gasteiger partial charge in [-0.05, 0) is 26.8 Å². The number of phosphoric acid groups is 1. The molecule has 0 saturated carbocycles. The molecule has 3 aliphatic heterocycles. The normalized spacial score (nSPS) is 41.1. The van der Waals surface area contributed by atoms with Crippen molar-refractivity contribution in [2.24, 2.45) is 5.41 Å². The van der Waals surface area contributed by atoms with E-state index in [1.54, 1.807) is 20.8 Å². The van der Waals surface area contributed by atoms with E-state index in [1.807, 2.05) is 0 Å². The zero-order valence-corrected chi connectivity index (χ0v) is 15.0. The van der Waals surface area contributed by atoms with Crippen LogP contribution in [0.15, 0.2) is 12.3 Å². The van der Waals surface area contributed by atoms with E-state index >= 15 is 0 Å². The highest BCUT2D eigenvalue weighted by molar-refractivity contribution is 7.48. The molecule has 2 saturated heterocycles. The minimum absolute atomic E-state index is 0.0902. The van der Waals surface area contributed by atoms with Gasteiger partial charge in [-0.1, -0.05) is 0 Å². The Morgan fingerprint density at radius 2 is 2.20 bits per heavy atom. The summed E-state index contributed by atoms with van der Waals surface area (Å²) >= 11 is 0. The smallest absolute Gasteiger partial charge is 0.348 e. The fourth-order valence-corrected chi connectivity index (χ4v) is 4.74. The Hall–Kier alpha value is -1.56. The van der Waals surface area contributed by atoms with Crippen molar-refractivity contribution in [2.75, 3.05) is 6.61 Å². The van der Waals surface area contributed by atoms with Gasteiger partial charge in [0.2, 0.25) is 5.91 Å². The average molecular weight is 370 g/mol. The number of hydrogen-bond donors (Lipinski definition) is 0. The largest absolute Gasteiger partial charge is 0.475 e. The van der Waals surface area contributed by atoms with Crippen LogP contribution in [0.2, 0.25) is 0 Å². The van der Waals surface area contributed by atoms with Crippen LogP contribution < -0.4 is 0 Å². The van der Waals surface area contributed by atoms with E-state index in [2.05, 4.69) is 6.07 Å². The molecule has 3 heterocycles. The Balaban J connectivity index is 1.89. The van der Waals surface area contributed by atoms with Gasteiger partial charge < -0.3 is 4.74 Å². The molecule has 5 atom stereocenters. The molecule has 0 bridgehead atoms. The van der Waals surface area contributed by atoms with Crippen LogP contribution in [0.5, 0.6) is 0 Å². The van der Waals surface area contributed by atoms with Crippen LogP contribution in [0.25, 0.3) is 0 Å². The van der Waals surface area contributed by atoms with Gasteiger partial charge in [0.25, 0.3) is 0 Å². The van der Waals surface area contributed by atoms with Crippen molar-refractivity contribution in [1.82, 2.24) is 4.90 Å². The first kappa shape index (κ1) is 18.2. The Bertz CT molecular complexity index is 715. The lowest BCUT2D eigenvalue weighted by molar-refractivity contribution is -0.147. The predicted molar refractivity (Wildman–Crippen MR) is 82.6 cm³/mol. The minimum atomic E-state index is -3.83. The van der Waals surface area contributed by atoms with Crippen molar-refractivity contribution in [3.8, 4) is 6.07 Å². The molecule has 0 radical (unpaired) electrons. The molecular formula is C15H19N2O7P. The molecule has 25 heavy (non-hydrogen) atoms. The average Bonchev–Trinajstić information content (AvgIpc) is 2.79. The van der Waals surface area contributed by atoms with Crippen molar-refractivity contribution in [3.63, 3.8) is 0 Å². The molecule has 1 unspecified atom stereocenters. The number of nitriles is 1. The first-order valence-corrected chi connectivity index (χ1v) is 9.35. The molecule has 2 fully saturated rings. The lowest BCUT2D eigenvalue weighted by Crippen LogP contribution is -2.49. The molecule has 0 aliphatic carbocycles. The Morgan fingerprint density at radius 3 is 2.80 bits per heavy atom. The van der Waals surface area contributed by atoms with Gasteiger partial charge in [-0.25, -0.2) is 4.57 Å². The highest BCUT2D eigenvalue weighted by Crippen LogP contribution is 2.60. The topological polar surface area (TPSA) is 115 Å². The minimum Gasteiger partial charge on any atom is -0.348 e. The van der Waals surface area contributed by atoms with Gasteiger partial charge in [-0.3, -0.25) is 28.1 Å². The van der Waals surface area contributed by atoms with E-state index in [9.17, 15) is 19.4 Å². The third-order valence-electron chi connectivity index (χ3n) is 4.25. The maximum Gasteiger partial charge on any atom is 0.475 e. The predicted octanol–water partition coefficient (Wildman–Crippen LogP) is 1.50. The van der Waals surface area contributed by atoms with Crippen LogP contribution in [0.1, 0.15) is 27.2 Å². The van der Waals surface area contributed by atoms with Crippen molar-refractivity contribution < 1.29 is 32.5 Å². The first-order chi connectivity index (χ1) is 11.7. The lowest BCUT2D eigenvalue weighted by atomic mass is 9.83. The standard InChI is InChI=1S/C15H19N2O7P/c1-9(2)23-25(20)21-7-11-13(24-25)15(3,8-16)14(22-11)17-5-4-10(18)6-12(17)19/h4-5,9,11,13-14H,6-7H2,1-3H3/t11-,13-,14-,15-,25?/m1/s1. The van der Waals surface area contributed by atoms with E-state index in [0.717, 1.165) is 0 Å². The van der Waals surface area contributed by atoms with Gasteiger partial charge in [0.15, 0.2) is 12.0 Å². The number of carbonyl (C=O) groups is 2. The van der Waals surface area contributed by atoms with Crippen molar-refractivity contribution in [3.05, 3.63) is 12.3 Å². The number of phosphoric ester groups is 1. The van der Waals surface area contributed by atoms with Gasteiger partial charge in [0.05, 0.1) is 25.2 Å². The summed E-state index contributed by atoms with van der Waals surface area (Å²) in [6, 6.07) is 2.11. The van der Waals surface area contributed by atoms with Crippen molar-refractivity contribution in [1.29, 1.82) is 5.26 Å². The molecule has 9 nitrogen and oxygen atoms in total. The van der Waals surface area contributed by atoms with Crippen molar-refractivity contribution in [2.45, 2.75) is 51.7 Å². The Labute approximate surface area is 145 Å². The van der Waals surface area contributed by atoms with Gasteiger partial charge in [-0.15, -0.1) is 0 Å². The maximum absolute atomic E-state index is 12.6. The van der Waals surface area contributed by atoms with Crippen molar-refractivity contribution >= 4 is 19.5 Å². The second-order valence-corrected chi connectivity index (χ2v) is 8.18. The SMILES string of the molecule is CC(C)OP1(=O)OC[C@H]2O[C@@H](N3C=CC(=O)CC3=O)[C@](C)(C#N)[C@@H]2O1. The van der Waals surface area contributed by atoms with E-state index < -0.39 is 43.7 Å². The number of ether oxygens (including phenoxy) is 1. The monoisotopic (exact) mass is 370 g/mol. The van der Waals surface area contributed by atoms with Gasteiger partial charge in [0.1, 0.15) is 17.6 Å². The lowest BCUT2D eigenvalue weighted by Gasteiger charge is -2.36. The summed E-state index contributed by atoms with van der Waals surface area (Å²) in [5.41, 5.74) is -1.31. The van der Waals surface area contributed by atoms with E-state index in [-0.39, 0.29) is 18.8 Å². The Morgan fingerprint density at radius 1 is 1.48 bits per heavy atom. The van der Waals surface area contributed by atoms with Crippen LogP contribution in [0.3, 0.4) is 0 Å². The van der Waals surface area contributed by atoms with Crippen LogP contribution in [-0.4, -0.2) is 47.7 Å². The van der Waals surface area contributed by atoms with Gasteiger partial charge >= 0.3 is 7.82 Å². The summed E-state index contributed by atoms with van der Waals surface area (Å²) in [5, 5.41) is 9.75. The fourth-order valence-electron chi connectivity index (χ4n) is 3.08. The molecular weight excluding hydrogens is 351 g/mol. The summed E-state index contributed by atoms with van der Waals surface area (Å²) in [5.74, 6) is -0.787. The molecule has 0 aromatic rings. The summed E-state index contributed by atoms with van der Waals surface area (Å²) in [6.07, 6.45) is -0.707. The first-order valence-electron chi connectivity index (χ1n) is 7.89. The van der Waals surface area contributed by atoms with E-state index in [1.165, 1.54) is 17.2 Å². The highest BCUT2D eigenvalue weighted by atomic mass is 31.2. The second-order valence-electron chi connectivity index (χ2n) is 6.60. The summed E-state index contributed by atoms with van der Waals surface area (Å²) in [6.45, 7) is 4.84. The van der Waals surface area contributed by atoms with Gasteiger partial charge in [0, 0.05) is 6.20 Å².